The number of hydrogen-bond donors (Lipinski definition) is 2. The number of nitrogens with zero attached hydrogens (tertiary/aromatic N) is 2. The molecule has 0 aromatic carbocycles. The van der Waals surface area contributed by atoms with Gasteiger partial charge in [0.15, 0.2) is 0 Å². The number of carboxylic acids is 1. The topological polar surface area (TPSA) is 74.6 Å². The number of nitrogens with one attached hydrogen (secondary N) is 1. The largest absolute Gasteiger partial charge is 0.477 e. The molecule has 1 aromatic heterocycles. The van der Waals surface area contributed by atoms with Gasteiger partial charge < -0.3 is 19.9 Å². The van der Waals surface area contributed by atoms with Gasteiger partial charge in [-0.15, -0.1) is 0 Å². The average molecular weight is 279 g/mol. The predicted molar refractivity (Wildman–Crippen MR) is 74.9 cm³/mol. The van der Waals surface area contributed by atoms with E-state index in [1.807, 2.05) is 11.5 Å². The molecule has 0 bridgehead atoms. The van der Waals surface area contributed by atoms with Crippen molar-refractivity contribution >= 4 is 12.0 Å². The van der Waals surface area contributed by atoms with Crippen LogP contribution in [0.1, 0.15) is 42.7 Å². The number of carbonyl (C=O) groups is 2. The molecule has 6 heteroatoms. The van der Waals surface area contributed by atoms with Gasteiger partial charge in [0.2, 0.25) is 0 Å². The van der Waals surface area contributed by atoms with E-state index in [4.69, 9.17) is 5.11 Å². The number of amides is 2. The summed E-state index contributed by atoms with van der Waals surface area (Å²) in [6, 6.07) is 3.51. The Labute approximate surface area is 118 Å². The zero-order valence-electron chi connectivity index (χ0n) is 11.7. The van der Waals surface area contributed by atoms with Crippen LogP contribution in [0.15, 0.2) is 18.3 Å². The van der Waals surface area contributed by atoms with Gasteiger partial charge >= 0.3 is 12.0 Å². The summed E-state index contributed by atoms with van der Waals surface area (Å²) in [5.74, 6) is -0.905. The highest BCUT2D eigenvalue weighted by Crippen LogP contribution is 2.24. The van der Waals surface area contributed by atoms with E-state index in [1.54, 1.807) is 23.2 Å². The molecule has 2 rings (SSSR count). The zero-order valence-corrected chi connectivity index (χ0v) is 11.7. The van der Waals surface area contributed by atoms with E-state index < -0.39 is 5.97 Å². The van der Waals surface area contributed by atoms with Crippen LogP contribution >= 0.6 is 0 Å². The maximum Gasteiger partial charge on any atom is 0.352 e. The van der Waals surface area contributed by atoms with Gasteiger partial charge in [-0.05, 0) is 31.4 Å². The van der Waals surface area contributed by atoms with Gasteiger partial charge in [-0.2, -0.15) is 0 Å². The second kappa shape index (κ2) is 6.45. The lowest BCUT2D eigenvalue weighted by molar-refractivity contribution is 0.0678. The molecule has 2 heterocycles. The lowest BCUT2D eigenvalue weighted by Crippen LogP contribution is -2.45. The van der Waals surface area contributed by atoms with Crippen LogP contribution in [0.4, 0.5) is 4.79 Å². The van der Waals surface area contributed by atoms with E-state index in [1.165, 1.54) is 0 Å². The van der Waals surface area contributed by atoms with Crippen LogP contribution in [0.3, 0.4) is 0 Å². The van der Waals surface area contributed by atoms with Crippen LogP contribution in [0, 0.1) is 0 Å². The molecule has 1 aliphatic rings. The maximum atomic E-state index is 11.8. The molecule has 2 amide bonds. The van der Waals surface area contributed by atoms with Crippen molar-refractivity contribution in [1.29, 1.82) is 0 Å². The third-order valence-corrected chi connectivity index (χ3v) is 3.67. The van der Waals surface area contributed by atoms with Crippen molar-refractivity contribution in [2.24, 2.45) is 0 Å². The summed E-state index contributed by atoms with van der Waals surface area (Å²) in [7, 11) is 0. The van der Waals surface area contributed by atoms with Crippen LogP contribution in [-0.4, -0.2) is 46.2 Å². The number of carboxylic acid groups (broad SMARTS) is 1. The Morgan fingerprint density at radius 3 is 2.70 bits per heavy atom. The Kier molecular flexibility index (Phi) is 4.65. The first kappa shape index (κ1) is 14.4. The second-order valence-electron chi connectivity index (χ2n) is 5.06. The summed E-state index contributed by atoms with van der Waals surface area (Å²) in [5.41, 5.74) is 0.318. The molecule has 1 aliphatic heterocycles. The first-order valence-electron chi connectivity index (χ1n) is 7.06. The van der Waals surface area contributed by atoms with Gasteiger partial charge in [0.1, 0.15) is 5.69 Å². The van der Waals surface area contributed by atoms with Crippen LogP contribution in [0.25, 0.3) is 0 Å². The van der Waals surface area contributed by atoms with Gasteiger partial charge in [-0.1, -0.05) is 6.92 Å². The summed E-state index contributed by atoms with van der Waals surface area (Å²) < 4.78 is 1.81. The molecule has 1 fully saturated rings. The van der Waals surface area contributed by atoms with Crippen molar-refractivity contribution in [3.63, 3.8) is 0 Å². The standard InChI is InChI=1S/C14H21N3O3/c1-2-7-15-14(20)16-9-5-11(6-10-16)17-8-3-4-12(17)13(18)19/h3-4,8,11H,2,5-7,9-10H2,1H3,(H,15,20)(H,18,19). The highest BCUT2D eigenvalue weighted by Gasteiger charge is 2.25. The smallest absolute Gasteiger partial charge is 0.352 e. The van der Waals surface area contributed by atoms with Crippen molar-refractivity contribution in [1.82, 2.24) is 14.8 Å². The Balaban J connectivity index is 1.92. The number of likely N-dealkylation sites (tertiary alicyclic amines) is 1. The molecule has 0 atom stereocenters. The molecule has 0 aliphatic carbocycles. The maximum absolute atomic E-state index is 11.8. The minimum Gasteiger partial charge on any atom is -0.477 e. The van der Waals surface area contributed by atoms with Crippen LogP contribution in [0.5, 0.6) is 0 Å². The Bertz CT molecular complexity index is 476. The van der Waals surface area contributed by atoms with E-state index in [-0.39, 0.29) is 12.1 Å². The van der Waals surface area contributed by atoms with Crippen molar-refractivity contribution in [2.75, 3.05) is 19.6 Å². The van der Waals surface area contributed by atoms with Gasteiger partial charge in [0.05, 0.1) is 0 Å². The fourth-order valence-corrected chi connectivity index (χ4v) is 2.58. The van der Waals surface area contributed by atoms with Gasteiger partial charge in [-0.25, -0.2) is 9.59 Å². The number of piperidine rings is 1. The van der Waals surface area contributed by atoms with Crippen molar-refractivity contribution < 1.29 is 14.7 Å². The lowest BCUT2D eigenvalue weighted by Gasteiger charge is -2.33. The second-order valence-corrected chi connectivity index (χ2v) is 5.06. The number of aromatic carboxylic acids is 1. The van der Waals surface area contributed by atoms with E-state index in [0.717, 1.165) is 19.3 Å². The molecular weight excluding hydrogens is 258 g/mol. The predicted octanol–water partition coefficient (Wildman–Crippen LogP) is 1.94. The minimum atomic E-state index is -0.905. The fraction of sp³-hybridized carbons (Fsp3) is 0.571. The van der Waals surface area contributed by atoms with Gasteiger partial charge in [0, 0.05) is 31.9 Å². The first-order valence-corrected chi connectivity index (χ1v) is 7.06. The molecule has 110 valence electrons. The summed E-state index contributed by atoms with van der Waals surface area (Å²) in [6.45, 7) is 4.04. The van der Waals surface area contributed by atoms with E-state index >= 15 is 0 Å². The zero-order chi connectivity index (χ0) is 14.5. The quantitative estimate of drug-likeness (QED) is 0.884. The Morgan fingerprint density at radius 1 is 1.40 bits per heavy atom. The fourth-order valence-electron chi connectivity index (χ4n) is 2.58. The minimum absolute atomic E-state index is 0.0173. The number of carbonyl (C=O) groups excluding carboxylic acids is 1. The highest BCUT2D eigenvalue weighted by molar-refractivity contribution is 5.85. The van der Waals surface area contributed by atoms with Crippen molar-refractivity contribution in [2.45, 2.75) is 32.2 Å². The molecule has 0 saturated carbocycles. The molecular formula is C14H21N3O3. The average Bonchev–Trinajstić information content (AvgIpc) is 2.94. The first-order chi connectivity index (χ1) is 9.63. The molecule has 20 heavy (non-hydrogen) atoms. The van der Waals surface area contributed by atoms with Gasteiger partial charge in [-0.3, -0.25) is 0 Å². The lowest BCUT2D eigenvalue weighted by atomic mass is 10.0. The monoisotopic (exact) mass is 279 g/mol. The summed E-state index contributed by atoms with van der Waals surface area (Å²) in [4.78, 5) is 24.8. The van der Waals surface area contributed by atoms with Gasteiger partial charge in [0.25, 0.3) is 0 Å². The number of aromatic nitrogens is 1. The van der Waals surface area contributed by atoms with Crippen LogP contribution in [-0.2, 0) is 0 Å². The molecule has 1 aromatic rings. The van der Waals surface area contributed by atoms with Crippen LogP contribution in [0.2, 0.25) is 0 Å². The summed E-state index contributed by atoms with van der Waals surface area (Å²) in [5, 5.41) is 12.0. The van der Waals surface area contributed by atoms with Crippen molar-refractivity contribution in [3.05, 3.63) is 24.0 Å². The van der Waals surface area contributed by atoms with E-state index in [0.29, 0.717) is 25.3 Å². The molecule has 0 unspecified atom stereocenters. The van der Waals surface area contributed by atoms with E-state index in [9.17, 15) is 9.59 Å². The Morgan fingerprint density at radius 2 is 2.10 bits per heavy atom. The molecule has 0 radical (unpaired) electrons. The number of hydrogen-bond acceptors (Lipinski definition) is 2. The Hall–Kier alpha value is -1.98. The number of rotatable bonds is 4. The third kappa shape index (κ3) is 3.12. The van der Waals surface area contributed by atoms with Crippen molar-refractivity contribution in [3.8, 4) is 0 Å². The normalized spacial score (nSPS) is 16.1. The summed E-state index contributed by atoms with van der Waals surface area (Å²) in [6.07, 6.45) is 4.30. The molecule has 2 N–H and O–H groups in total. The SMILES string of the molecule is CCCNC(=O)N1CCC(n2cccc2C(=O)O)CC1. The summed E-state index contributed by atoms with van der Waals surface area (Å²) >= 11 is 0. The molecule has 0 spiro atoms. The van der Waals surface area contributed by atoms with Crippen LogP contribution < -0.4 is 5.32 Å². The van der Waals surface area contributed by atoms with E-state index in [2.05, 4.69) is 5.32 Å². The highest BCUT2D eigenvalue weighted by atomic mass is 16.4. The number of urea groups is 1. The molecule has 6 nitrogen and oxygen atoms in total. The molecule has 1 saturated heterocycles. The third-order valence-electron chi connectivity index (χ3n) is 3.67.